The number of likely N-dealkylation sites (N-methyl/N-ethyl adjacent to an activating group) is 1. The Morgan fingerprint density at radius 1 is 1.10 bits per heavy atom. The Morgan fingerprint density at radius 2 is 1.87 bits per heavy atom. The van der Waals surface area contributed by atoms with Gasteiger partial charge >= 0.3 is 0 Å². The number of rotatable bonds is 9. The summed E-state index contributed by atoms with van der Waals surface area (Å²) >= 11 is 0. The fraction of sp³-hybridized carbons (Fsp3) is 0.391. The zero-order chi connectivity index (χ0) is 21.1. The van der Waals surface area contributed by atoms with Crippen LogP contribution in [0, 0.1) is 6.92 Å². The summed E-state index contributed by atoms with van der Waals surface area (Å²) < 4.78 is 5.55. The first-order chi connectivity index (χ1) is 14.0. The molecule has 0 spiro atoms. The largest absolute Gasteiger partial charge is 0.484 e. The molecule has 0 fully saturated rings. The molecule has 0 heterocycles. The molecule has 2 aromatic carbocycles. The van der Waals surface area contributed by atoms with Crippen LogP contribution in [-0.2, 0) is 11.3 Å². The van der Waals surface area contributed by atoms with Crippen molar-refractivity contribution in [1.29, 1.82) is 0 Å². The molecule has 7 heteroatoms. The monoisotopic (exact) mass is 524 g/mol. The SMILES string of the molecule is CCNC(=O)COc1cccc(CNC(=NC)NCC(C)c2cccc(C)c2)c1.I. The number of hydrogen-bond acceptors (Lipinski definition) is 3. The number of guanidine groups is 1. The number of aliphatic imine (C=N–C) groups is 1. The van der Waals surface area contributed by atoms with Crippen LogP contribution in [0.1, 0.15) is 36.5 Å². The van der Waals surface area contributed by atoms with Crippen molar-refractivity contribution in [3.05, 3.63) is 65.2 Å². The standard InChI is InChI=1S/C23H32N4O2.HI/c1-5-25-22(28)16-29-21-11-7-9-19(13-21)15-27-23(24-4)26-14-18(3)20-10-6-8-17(2)12-20;/h6-13,18H,5,14-16H2,1-4H3,(H,25,28)(H2,24,26,27);1H. The molecule has 2 rings (SSSR count). The van der Waals surface area contributed by atoms with Gasteiger partial charge in [-0.15, -0.1) is 24.0 Å². The average molecular weight is 524 g/mol. The second-order valence-electron chi connectivity index (χ2n) is 7.01. The van der Waals surface area contributed by atoms with E-state index >= 15 is 0 Å². The maximum absolute atomic E-state index is 11.5. The molecule has 0 saturated heterocycles. The van der Waals surface area contributed by atoms with Gasteiger partial charge in [-0.1, -0.05) is 48.9 Å². The smallest absolute Gasteiger partial charge is 0.257 e. The average Bonchev–Trinajstić information content (AvgIpc) is 2.72. The van der Waals surface area contributed by atoms with Gasteiger partial charge in [-0.25, -0.2) is 0 Å². The number of ether oxygens (including phenoxy) is 1. The number of nitrogens with zero attached hydrogens (tertiary/aromatic N) is 1. The fourth-order valence-corrected chi connectivity index (χ4v) is 2.89. The Bertz CT molecular complexity index is 826. The molecule has 0 aliphatic heterocycles. The molecule has 0 radical (unpaired) electrons. The number of benzene rings is 2. The van der Waals surface area contributed by atoms with E-state index in [1.807, 2.05) is 31.2 Å². The van der Waals surface area contributed by atoms with E-state index < -0.39 is 0 Å². The van der Waals surface area contributed by atoms with Crippen molar-refractivity contribution < 1.29 is 9.53 Å². The molecular formula is C23H33IN4O2. The van der Waals surface area contributed by atoms with Crippen LogP contribution in [-0.4, -0.2) is 38.6 Å². The Morgan fingerprint density at radius 3 is 2.57 bits per heavy atom. The normalized spacial score (nSPS) is 11.8. The summed E-state index contributed by atoms with van der Waals surface area (Å²) in [5.41, 5.74) is 3.63. The third-order valence-corrected chi connectivity index (χ3v) is 4.51. The molecule has 30 heavy (non-hydrogen) atoms. The highest BCUT2D eigenvalue weighted by atomic mass is 127. The van der Waals surface area contributed by atoms with E-state index in [9.17, 15) is 4.79 Å². The maximum atomic E-state index is 11.5. The van der Waals surface area contributed by atoms with Crippen LogP contribution in [0.15, 0.2) is 53.5 Å². The van der Waals surface area contributed by atoms with Crippen LogP contribution < -0.4 is 20.7 Å². The van der Waals surface area contributed by atoms with Crippen LogP contribution in [0.5, 0.6) is 5.75 Å². The third kappa shape index (κ3) is 9.02. The summed E-state index contributed by atoms with van der Waals surface area (Å²) in [4.78, 5) is 15.8. The van der Waals surface area contributed by atoms with Crippen LogP contribution in [0.25, 0.3) is 0 Å². The van der Waals surface area contributed by atoms with Crippen molar-refractivity contribution in [3.63, 3.8) is 0 Å². The van der Waals surface area contributed by atoms with Gasteiger partial charge in [0.15, 0.2) is 12.6 Å². The lowest BCUT2D eigenvalue weighted by molar-refractivity contribution is -0.122. The van der Waals surface area contributed by atoms with Crippen molar-refractivity contribution in [3.8, 4) is 5.75 Å². The van der Waals surface area contributed by atoms with Crippen molar-refractivity contribution in [2.45, 2.75) is 33.2 Å². The van der Waals surface area contributed by atoms with Crippen LogP contribution in [0.3, 0.4) is 0 Å². The topological polar surface area (TPSA) is 74.8 Å². The number of hydrogen-bond donors (Lipinski definition) is 3. The Hall–Kier alpha value is -2.29. The molecule has 0 aromatic heterocycles. The molecule has 164 valence electrons. The predicted octanol–water partition coefficient (Wildman–Crippen LogP) is 3.60. The van der Waals surface area contributed by atoms with Gasteiger partial charge in [0.25, 0.3) is 5.91 Å². The van der Waals surface area contributed by atoms with Gasteiger partial charge in [-0.05, 0) is 43.0 Å². The van der Waals surface area contributed by atoms with E-state index in [0.29, 0.717) is 24.8 Å². The molecule has 0 bridgehead atoms. The van der Waals surface area contributed by atoms with Gasteiger partial charge in [-0.2, -0.15) is 0 Å². The van der Waals surface area contributed by atoms with Gasteiger partial charge in [0.2, 0.25) is 0 Å². The Labute approximate surface area is 196 Å². The molecular weight excluding hydrogens is 491 g/mol. The lowest BCUT2D eigenvalue weighted by Gasteiger charge is -2.17. The summed E-state index contributed by atoms with van der Waals surface area (Å²) in [5, 5.41) is 9.42. The minimum atomic E-state index is -0.122. The zero-order valence-electron chi connectivity index (χ0n) is 18.2. The lowest BCUT2D eigenvalue weighted by atomic mass is 9.99. The first-order valence-electron chi connectivity index (χ1n) is 10.0. The number of aryl methyl sites for hydroxylation is 1. The van der Waals surface area contributed by atoms with E-state index in [1.165, 1.54) is 11.1 Å². The van der Waals surface area contributed by atoms with Crippen LogP contribution >= 0.6 is 24.0 Å². The quantitative estimate of drug-likeness (QED) is 0.266. The number of nitrogens with one attached hydrogen (secondary N) is 3. The van der Waals surface area contributed by atoms with Crippen molar-refractivity contribution >= 4 is 35.8 Å². The second-order valence-corrected chi connectivity index (χ2v) is 7.01. The summed E-state index contributed by atoms with van der Waals surface area (Å²) in [6, 6.07) is 16.3. The highest BCUT2D eigenvalue weighted by Gasteiger charge is 2.07. The first-order valence-corrected chi connectivity index (χ1v) is 10.0. The third-order valence-electron chi connectivity index (χ3n) is 4.51. The molecule has 2 aromatic rings. The first kappa shape index (κ1) is 25.7. The maximum Gasteiger partial charge on any atom is 0.257 e. The van der Waals surface area contributed by atoms with E-state index in [-0.39, 0.29) is 36.5 Å². The second kappa shape index (κ2) is 13.8. The molecule has 0 aliphatic rings. The fourth-order valence-electron chi connectivity index (χ4n) is 2.89. The molecule has 6 nitrogen and oxygen atoms in total. The van der Waals surface area contributed by atoms with Gasteiger partial charge in [-0.3, -0.25) is 9.79 Å². The molecule has 1 unspecified atom stereocenters. The summed E-state index contributed by atoms with van der Waals surface area (Å²) in [6.07, 6.45) is 0. The minimum absolute atomic E-state index is 0. The number of carbonyl (C=O) groups excluding carboxylic acids is 1. The van der Waals surface area contributed by atoms with Gasteiger partial charge in [0.1, 0.15) is 5.75 Å². The van der Waals surface area contributed by atoms with Gasteiger partial charge in [0, 0.05) is 26.7 Å². The summed E-state index contributed by atoms with van der Waals surface area (Å²) in [5.74, 6) is 1.67. The van der Waals surface area contributed by atoms with E-state index in [1.54, 1.807) is 7.05 Å². The molecule has 0 aliphatic carbocycles. The van der Waals surface area contributed by atoms with Crippen LogP contribution in [0.4, 0.5) is 0 Å². The van der Waals surface area contributed by atoms with Gasteiger partial charge in [0.05, 0.1) is 0 Å². The van der Waals surface area contributed by atoms with Gasteiger partial charge < -0.3 is 20.7 Å². The summed E-state index contributed by atoms with van der Waals surface area (Å²) in [6.45, 7) is 8.21. The summed E-state index contributed by atoms with van der Waals surface area (Å²) in [7, 11) is 1.76. The van der Waals surface area contributed by atoms with Crippen molar-refractivity contribution in [1.82, 2.24) is 16.0 Å². The number of amides is 1. The minimum Gasteiger partial charge on any atom is -0.484 e. The molecule has 0 saturated carbocycles. The van der Waals surface area contributed by atoms with E-state index in [2.05, 4.69) is 59.1 Å². The Balaban J connectivity index is 0.00000450. The lowest BCUT2D eigenvalue weighted by Crippen LogP contribution is -2.38. The highest BCUT2D eigenvalue weighted by molar-refractivity contribution is 14.0. The van der Waals surface area contributed by atoms with Crippen molar-refractivity contribution in [2.24, 2.45) is 4.99 Å². The van der Waals surface area contributed by atoms with Crippen molar-refractivity contribution in [2.75, 3.05) is 26.7 Å². The molecule has 1 amide bonds. The van der Waals surface area contributed by atoms with E-state index in [0.717, 1.165) is 18.1 Å². The van der Waals surface area contributed by atoms with Crippen LogP contribution in [0.2, 0.25) is 0 Å². The number of carbonyl (C=O) groups is 1. The predicted molar refractivity (Wildman–Crippen MR) is 134 cm³/mol. The molecule has 1 atom stereocenters. The number of halogens is 1. The molecule has 3 N–H and O–H groups in total. The highest BCUT2D eigenvalue weighted by Crippen LogP contribution is 2.15. The Kier molecular flexibility index (Phi) is 11.9. The van der Waals surface area contributed by atoms with E-state index in [4.69, 9.17) is 4.74 Å². The zero-order valence-corrected chi connectivity index (χ0v) is 20.5.